The first-order valence-electron chi connectivity index (χ1n) is 13.2. The van der Waals surface area contributed by atoms with Crippen molar-refractivity contribution in [3.05, 3.63) is 108 Å². The molecule has 0 saturated heterocycles. The van der Waals surface area contributed by atoms with Crippen molar-refractivity contribution in [2.45, 2.75) is 53.2 Å². The second-order valence-corrected chi connectivity index (χ2v) is 9.70. The minimum absolute atomic E-state index is 0.374. The summed E-state index contributed by atoms with van der Waals surface area (Å²) < 4.78 is 18.3. The molecule has 0 aliphatic rings. The first kappa shape index (κ1) is 26.5. The van der Waals surface area contributed by atoms with Crippen molar-refractivity contribution < 1.29 is 14.2 Å². The van der Waals surface area contributed by atoms with Crippen LogP contribution in [0.4, 0.5) is 0 Å². The lowest BCUT2D eigenvalue weighted by Crippen LogP contribution is -2.20. The average Bonchev–Trinajstić information content (AvgIpc) is 2.91. The fourth-order valence-corrected chi connectivity index (χ4v) is 4.47. The third kappa shape index (κ3) is 7.02. The molecule has 4 rings (SSSR count). The van der Waals surface area contributed by atoms with E-state index in [1.54, 1.807) is 0 Å². The van der Waals surface area contributed by atoms with Gasteiger partial charge in [-0.25, -0.2) is 0 Å². The fourth-order valence-electron chi connectivity index (χ4n) is 4.47. The fraction of sp³-hybridized carbons (Fsp3) is 0.294. The van der Waals surface area contributed by atoms with Gasteiger partial charge >= 0.3 is 0 Å². The van der Waals surface area contributed by atoms with Crippen LogP contribution in [0.5, 0.6) is 11.5 Å². The second kappa shape index (κ2) is 12.6. The van der Waals surface area contributed by atoms with Crippen LogP contribution < -0.4 is 9.47 Å². The van der Waals surface area contributed by atoms with Gasteiger partial charge in [-0.3, -0.25) is 0 Å². The van der Waals surface area contributed by atoms with Crippen LogP contribution in [0.1, 0.15) is 49.8 Å². The molecule has 0 N–H and O–H groups in total. The molecule has 0 spiro atoms. The summed E-state index contributed by atoms with van der Waals surface area (Å²) in [6.45, 7) is 11.4. The third-order valence-electron chi connectivity index (χ3n) is 6.72. The molecule has 3 heteroatoms. The molecule has 0 radical (unpaired) electrons. The molecular weight excluding hydrogens is 456 g/mol. The highest BCUT2D eigenvalue weighted by Crippen LogP contribution is 2.39. The normalized spacial score (nSPS) is 12.7. The number of aryl methyl sites for hydroxylation is 2. The van der Waals surface area contributed by atoms with E-state index in [2.05, 4.69) is 107 Å². The first-order chi connectivity index (χ1) is 17.9. The van der Waals surface area contributed by atoms with E-state index in [1.165, 1.54) is 16.7 Å². The molecule has 0 aromatic heterocycles. The lowest BCUT2D eigenvalue weighted by Gasteiger charge is -2.19. The largest absolute Gasteiger partial charge is 0.490 e. The van der Waals surface area contributed by atoms with E-state index in [0.29, 0.717) is 19.1 Å². The lowest BCUT2D eigenvalue weighted by atomic mass is 9.96. The Labute approximate surface area is 222 Å². The summed E-state index contributed by atoms with van der Waals surface area (Å²) >= 11 is 0. The van der Waals surface area contributed by atoms with Crippen LogP contribution in [0, 0.1) is 13.8 Å². The molecule has 192 valence electrons. The van der Waals surface area contributed by atoms with E-state index in [4.69, 9.17) is 14.2 Å². The molecule has 0 heterocycles. The lowest BCUT2D eigenvalue weighted by molar-refractivity contribution is -0.0738. The molecule has 0 bridgehead atoms. The van der Waals surface area contributed by atoms with Crippen molar-refractivity contribution >= 4 is 0 Å². The Hall–Kier alpha value is -3.56. The van der Waals surface area contributed by atoms with Gasteiger partial charge in [-0.05, 0) is 61.9 Å². The zero-order valence-corrected chi connectivity index (χ0v) is 22.7. The maximum atomic E-state index is 6.43. The minimum atomic E-state index is -0.374. The van der Waals surface area contributed by atoms with Gasteiger partial charge < -0.3 is 14.2 Å². The van der Waals surface area contributed by atoms with Gasteiger partial charge in [0.15, 0.2) is 6.29 Å². The predicted molar refractivity (Wildman–Crippen MR) is 153 cm³/mol. The van der Waals surface area contributed by atoms with Crippen LogP contribution in [0.2, 0.25) is 0 Å². The molecule has 3 nitrogen and oxygen atoms in total. The summed E-state index contributed by atoms with van der Waals surface area (Å²) in [5.74, 6) is 2.23. The van der Waals surface area contributed by atoms with Gasteiger partial charge in [0, 0.05) is 11.1 Å². The summed E-state index contributed by atoms with van der Waals surface area (Å²) in [7, 11) is 0. The highest BCUT2D eigenvalue weighted by atomic mass is 16.7. The van der Waals surface area contributed by atoms with Crippen LogP contribution in [-0.4, -0.2) is 19.5 Å². The molecule has 0 amide bonds. The van der Waals surface area contributed by atoms with Crippen molar-refractivity contribution in [1.82, 2.24) is 0 Å². The number of hydrogen-bond donors (Lipinski definition) is 0. The van der Waals surface area contributed by atoms with Gasteiger partial charge in [0.2, 0.25) is 0 Å². The number of rotatable bonds is 11. The molecular formula is C34H38O3. The summed E-state index contributed by atoms with van der Waals surface area (Å²) in [6.07, 6.45) is 0.750. The standard InChI is InChI=1S/C34H38O3/c1-6-26(4)28-16-18-31(19-17-28)37-27(5)35-20-21-36-34-32(29-12-7-10-24(2)22-29)14-9-15-33(34)30-13-8-11-25(3)23-30/h7-19,22-23,26-27H,6,20-21H2,1-5H3. The van der Waals surface area contributed by atoms with Crippen LogP contribution in [-0.2, 0) is 4.74 Å². The van der Waals surface area contributed by atoms with Gasteiger partial charge in [0.1, 0.15) is 18.1 Å². The molecule has 4 aromatic rings. The first-order valence-corrected chi connectivity index (χ1v) is 13.2. The average molecular weight is 495 g/mol. The number of ether oxygens (including phenoxy) is 3. The maximum Gasteiger partial charge on any atom is 0.197 e. The summed E-state index contributed by atoms with van der Waals surface area (Å²) in [5.41, 5.74) is 8.20. The van der Waals surface area contributed by atoms with Crippen LogP contribution in [0.25, 0.3) is 22.3 Å². The van der Waals surface area contributed by atoms with Crippen LogP contribution >= 0.6 is 0 Å². The third-order valence-corrected chi connectivity index (χ3v) is 6.72. The molecule has 2 unspecified atom stereocenters. The Bertz CT molecular complexity index is 1230. The molecule has 4 aromatic carbocycles. The maximum absolute atomic E-state index is 6.43. The Morgan fingerprint density at radius 1 is 0.676 bits per heavy atom. The summed E-state index contributed by atoms with van der Waals surface area (Å²) in [5, 5.41) is 0. The topological polar surface area (TPSA) is 27.7 Å². The molecule has 0 saturated carbocycles. The zero-order chi connectivity index (χ0) is 26.2. The Kier molecular flexibility index (Phi) is 9.03. The smallest absolute Gasteiger partial charge is 0.197 e. The van der Waals surface area contributed by atoms with E-state index in [9.17, 15) is 0 Å². The van der Waals surface area contributed by atoms with E-state index in [-0.39, 0.29) is 6.29 Å². The summed E-state index contributed by atoms with van der Waals surface area (Å²) in [4.78, 5) is 0. The highest BCUT2D eigenvalue weighted by Gasteiger charge is 2.14. The molecule has 0 fully saturated rings. The second-order valence-electron chi connectivity index (χ2n) is 9.70. The number of para-hydroxylation sites is 1. The van der Waals surface area contributed by atoms with Crippen molar-refractivity contribution in [1.29, 1.82) is 0 Å². The van der Waals surface area contributed by atoms with E-state index in [1.807, 2.05) is 19.1 Å². The SMILES string of the molecule is CCC(C)c1ccc(OC(C)OCCOc2c(-c3cccc(C)c3)cccc2-c2cccc(C)c2)cc1. The quantitative estimate of drug-likeness (QED) is 0.154. The monoisotopic (exact) mass is 494 g/mol. The van der Waals surface area contributed by atoms with Gasteiger partial charge in [-0.1, -0.05) is 104 Å². The van der Waals surface area contributed by atoms with Crippen LogP contribution in [0.15, 0.2) is 91.0 Å². The molecule has 0 aliphatic heterocycles. The predicted octanol–water partition coefficient (Wildman–Crippen LogP) is 8.97. The van der Waals surface area contributed by atoms with Crippen molar-refractivity contribution in [2.75, 3.05) is 13.2 Å². The van der Waals surface area contributed by atoms with Crippen molar-refractivity contribution in [3.8, 4) is 33.8 Å². The highest BCUT2D eigenvalue weighted by molar-refractivity contribution is 5.82. The van der Waals surface area contributed by atoms with Gasteiger partial charge in [-0.2, -0.15) is 0 Å². The van der Waals surface area contributed by atoms with Crippen molar-refractivity contribution in [3.63, 3.8) is 0 Å². The van der Waals surface area contributed by atoms with Gasteiger partial charge in [0.05, 0.1) is 6.61 Å². The molecule has 37 heavy (non-hydrogen) atoms. The Morgan fingerprint density at radius 3 is 1.78 bits per heavy atom. The zero-order valence-electron chi connectivity index (χ0n) is 22.7. The van der Waals surface area contributed by atoms with Crippen LogP contribution in [0.3, 0.4) is 0 Å². The Balaban J connectivity index is 1.45. The minimum Gasteiger partial charge on any atom is -0.490 e. The number of hydrogen-bond acceptors (Lipinski definition) is 3. The van der Waals surface area contributed by atoms with E-state index in [0.717, 1.165) is 40.2 Å². The van der Waals surface area contributed by atoms with Crippen molar-refractivity contribution in [2.24, 2.45) is 0 Å². The van der Waals surface area contributed by atoms with Gasteiger partial charge in [-0.15, -0.1) is 0 Å². The van der Waals surface area contributed by atoms with E-state index < -0.39 is 0 Å². The number of benzene rings is 4. The van der Waals surface area contributed by atoms with Gasteiger partial charge in [0.25, 0.3) is 0 Å². The molecule has 0 aliphatic carbocycles. The molecule has 2 atom stereocenters. The summed E-state index contributed by atoms with van der Waals surface area (Å²) in [6, 6.07) is 31.7. The van der Waals surface area contributed by atoms with E-state index >= 15 is 0 Å². The Morgan fingerprint density at radius 2 is 1.24 bits per heavy atom.